The van der Waals surface area contributed by atoms with Gasteiger partial charge in [0.25, 0.3) is 0 Å². The van der Waals surface area contributed by atoms with E-state index in [2.05, 4.69) is 5.32 Å². The van der Waals surface area contributed by atoms with Gasteiger partial charge in [-0.1, -0.05) is 6.92 Å². The van der Waals surface area contributed by atoms with Crippen molar-refractivity contribution >= 4 is 9.84 Å². The van der Waals surface area contributed by atoms with Crippen LogP contribution in [0.3, 0.4) is 0 Å². The molecule has 17 heavy (non-hydrogen) atoms. The lowest BCUT2D eigenvalue weighted by atomic mass is 10.0. The first kappa shape index (κ1) is 14.9. The van der Waals surface area contributed by atoms with Crippen molar-refractivity contribution in [3.8, 4) is 0 Å². The third-order valence-electron chi connectivity index (χ3n) is 3.05. The third kappa shape index (κ3) is 4.91. The number of sulfone groups is 1. The van der Waals surface area contributed by atoms with Crippen LogP contribution in [0.15, 0.2) is 0 Å². The van der Waals surface area contributed by atoms with Crippen LogP contribution in [0.1, 0.15) is 19.8 Å². The molecule has 0 radical (unpaired) electrons. The van der Waals surface area contributed by atoms with Crippen molar-refractivity contribution in [1.29, 1.82) is 0 Å². The zero-order valence-electron chi connectivity index (χ0n) is 10.7. The van der Waals surface area contributed by atoms with E-state index in [0.717, 1.165) is 6.42 Å². The molecule has 0 aliphatic carbocycles. The summed E-state index contributed by atoms with van der Waals surface area (Å²) in [6, 6.07) is 0. The van der Waals surface area contributed by atoms with Gasteiger partial charge in [-0.05, 0) is 6.42 Å². The van der Waals surface area contributed by atoms with Crippen LogP contribution in [0, 0.1) is 0 Å². The van der Waals surface area contributed by atoms with Gasteiger partial charge in [-0.2, -0.15) is 0 Å². The van der Waals surface area contributed by atoms with E-state index in [9.17, 15) is 8.42 Å². The maximum atomic E-state index is 11.5. The van der Waals surface area contributed by atoms with E-state index < -0.39 is 9.84 Å². The zero-order valence-corrected chi connectivity index (χ0v) is 11.5. The summed E-state index contributed by atoms with van der Waals surface area (Å²) in [5, 5.41) is 3.15. The van der Waals surface area contributed by atoms with Crippen molar-refractivity contribution in [3.05, 3.63) is 0 Å². The first-order valence-corrected chi connectivity index (χ1v) is 7.90. The molecule has 0 saturated carbocycles. The first-order chi connectivity index (χ1) is 8.04. The highest BCUT2D eigenvalue weighted by Gasteiger charge is 2.34. The second-order valence-corrected chi connectivity index (χ2v) is 6.82. The van der Waals surface area contributed by atoms with Crippen LogP contribution in [0.25, 0.3) is 0 Å². The number of hydrogen-bond acceptors (Lipinski definition) is 5. The molecule has 0 aromatic heterocycles. The van der Waals surface area contributed by atoms with Crippen LogP contribution in [-0.4, -0.2) is 58.9 Å². The highest BCUT2D eigenvalue weighted by molar-refractivity contribution is 7.91. The molecule has 6 heteroatoms. The lowest BCUT2D eigenvalue weighted by Crippen LogP contribution is -2.44. The van der Waals surface area contributed by atoms with Crippen LogP contribution in [-0.2, 0) is 19.3 Å². The quantitative estimate of drug-likeness (QED) is 0.635. The monoisotopic (exact) mass is 265 g/mol. The molecule has 1 aliphatic heterocycles. The SMILES string of the molecule is CCCS(=O)(=O)CCNCC1(OC)CCOC1. The number of hydrogen-bond donors (Lipinski definition) is 1. The topological polar surface area (TPSA) is 64.6 Å². The van der Waals surface area contributed by atoms with Gasteiger partial charge in [0.1, 0.15) is 5.60 Å². The Kier molecular flexibility index (Phi) is 5.85. The molecule has 1 heterocycles. The summed E-state index contributed by atoms with van der Waals surface area (Å²) in [5.41, 5.74) is -0.269. The van der Waals surface area contributed by atoms with Gasteiger partial charge in [-0.3, -0.25) is 0 Å². The lowest BCUT2D eigenvalue weighted by molar-refractivity contribution is -0.0153. The molecule has 1 N–H and O–H groups in total. The van der Waals surface area contributed by atoms with Gasteiger partial charge in [-0.15, -0.1) is 0 Å². The minimum absolute atomic E-state index is 0.196. The van der Waals surface area contributed by atoms with Crippen LogP contribution < -0.4 is 5.32 Å². The molecule has 0 aromatic rings. The van der Waals surface area contributed by atoms with Gasteiger partial charge in [-0.25, -0.2) is 8.42 Å². The number of ether oxygens (including phenoxy) is 2. The van der Waals surface area contributed by atoms with E-state index in [1.54, 1.807) is 7.11 Å². The predicted molar refractivity (Wildman–Crippen MR) is 67.0 cm³/mol. The highest BCUT2D eigenvalue weighted by Crippen LogP contribution is 2.21. The molecule has 1 rings (SSSR count). The van der Waals surface area contributed by atoms with Crippen molar-refractivity contribution in [1.82, 2.24) is 5.32 Å². The predicted octanol–water partition coefficient (Wildman–Crippen LogP) is 0.206. The normalized spacial score (nSPS) is 25.3. The molecule has 5 nitrogen and oxygen atoms in total. The Morgan fingerprint density at radius 1 is 1.41 bits per heavy atom. The van der Waals surface area contributed by atoms with E-state index in [-0.39, 0.29) is 17.1 Å². The van der Waals surface area contributed by atoms with Crippen molar-refractivity contribution in [3.63, 3.8) is 0 Å². The van der Waals surface area contributed by atoms with E-state index in [1.807, 2.05) is 6.92 Å². The summed E-state index contributed by atoms with van der Waals surface area (Å²) in [6.45, 7) is 4.29. The van der Waals surface area contributed by atoms with Gasteiger partial charge < -0.3 is 14.8 Å². The number of nitrogens with one attached hydrogen (secondary N) is 1. The van der Waals surface area contributed by atoms with Gasteiger partial charge in [0, 0.05) is 39.0 Å². The fourth-order valence-electron chi connectivity index (χ4n) is 1.92. The van der Waals surface area contributed by atoms with Gasteiger partial charge >= 0.3 is 0 Å². The van der Waals surface area contributed by atoms with Gasteiger partial charge in [0.2, 0.25) is 0 Å². The van der Waals surface area contributed by atoms with E-state index in [4.69, 9.17) is 9.47 Å². The molecular weight excluding hydrogens is 242 g/mol. The van der Waals surface area contributed by atoms with Gasteiger partial charge in [0.05, 0.1) is 12.4 Å². The summed E-state index contributed by atoms with van der Waals surface area (Å²) < 4.78 is 33.7. The molecule has 0 amide bonds. The number of rotatable bonds is 8. The second kappa shape index (κ2) is 6.68. The fraction of sp³-hybridized carbons (Fsp3) is 1.00. The molecule has 1 atom stereocenters. The van der Waals surface area contributed by atoms with Crippen molar-refractivity contribution < 1.29 is 17.9 Å². The average molecular weight is 265 g/mol. The van der Waals surface area contributed by atoms with Crippen molar-refractivity contribution in [2.75, 3.05) is 44.9 Å². The molecule has 1 fully saturated rings. The highest BCUT2D eigenvalue weighted by atomic mass is 32.2. The minimum Gasteiger partial charge on any atom is -0.378 e. The molecule has 0 aromatic carbocycles. The fourth-order valence-corrected chi connectivity index (χ4v) is 3.20. The van der Waals surface area contributed by atoms with Crippen molar-refractivity contribution in [2.45, 2.75) is 25.4 Å². The van der Waals surface area contributed by atoms with Gasteiger partial charge in [0.15, 0.2) is 9.84 Å². The Bertz CT molecular complexity index is 309. The molecule has 0 spiro atoms. The number of methoxy groups -OCH3 is 1. The summed E-state index contributed by atoms with van der Waals surface area (Å²) in [7, 11) is -1.22. The minimum atomic E-state index is -2.89. The Balaban J connectivity index is 2.23. The molecule has 102 valence electrons. The van der Waals surface area contributed by atoms with Crippen LogP contribution in [0.4, 0.5) is 0 Å². The van der Waals surface area contributed by atoms with Crippen LogP contribution >= 0.6 is 0 Å². The average Bonchev–Trinajstić information content (AvgIpc) is 2.74. The Morgan fingerprint density at radius 3 is 2.71 bits per heavy atom. The first-order valence-electron chi connectivity index (χ1n) is 6.08. The lowest BCUT2D eigenvalue weighted by Gasteiger charge is -2.25. The summed E-state index contributed by atoms with van der Waals surface area (Å²) in [5.74, 6) is 0.467. The summed E-state index contributed by atoms with van der Waals surface area (Å²) in [6.07, 6.45) is 1.54. The summed E-state index contributed by atoms with van der Waals surface area (Å²) >= 11 is 0. The van der Waals surface area contributed by atoms with E-state index >= 15 is 0 Å². The molecule has 1 saturated heterocycles. The second-order valence-electron chi connectivity index (χ2n) is 4.52. The van der Waals surface area contributed by atoms with E-state index in [0.29, 0.717) is 32.7 Å². The molecule has 1 unspecified atom stereocenters. The smallest absolute Gasteiger partial charge is 0.151 e. The Morgan fingerprint density at radius 2 is 2.18 bits per heavy atom. The zero-order chi connectivity index (χ0) is 12.8. The Hall–Kier alpha value is -0.170. The van der Waals surface area contributed by atoms with E-state index in [1.165, 1.54) is 0 Å². The van der Waals surface area contributed by atoms with Crippen LogP contribution in [0.2, 0.25) is 0 Å². The summed E-state index contributed by atoms with van der Waals surface area (Å²) in [4.78, 5) is 0. The maximum Gasteiger partial charge on any atom is 0.151 e. The Labute approximate surface area is 104 Å². The van der Waals surface area contributed by atoms with Crippen molar-refractivity contribution in [2.24, 2.45) is 0 Å². The largest absolute Gasteiger partial charge is 0.378 e. The maximum absolute atomic E-state index is 11.5. The molecular formula is C11H23NO4S. The molecule has 0 bridgehead atoms. The molecule has 1 aliphatic rings. The standard InChI is InChI=1S/C11H23NO4S/c1-3-7-17(13,14)8-5-12-9-11(15-2)4-6-16-10-11/h12H,3-10H2,1-2H3. The van der Waals surface area contributed by atoms with Crippen LogP contribution in [0.5, 0.6) is 0 Å². The third-order valence-corrected chi connectivity index (χ3v) is 4.91.